The van der Waals surface area contributed by atoms with Crippen molar-refractivity contribution in [2.24, 2.45) is 0 Å². The number of rotatable bonds is 6. The molecule has 2 N–H and O–H groups in total. The third-order valence-electron chi connectivity index (χ3n) is 3.82. The van der Waals surface area contributed by atoms with Crippen molar-refractivity contribution in [3.05, 3.63) is 70.3 Å². The molecular formula is C19H21NO3. The molecule has 0 unspecified atom stereocenters. The minimum absolute atomic E-state index is 0.00714. The number of amides is 1. The predicted octanol–water partition coefficient (Wildman–Crippen LogP) is 3.25. The molecule has 2 aromatic rings. The van der Waals surface area contributed by atoms with Crippen molar-refractivity contribution < 1.29 is 14.7 Å². The van der Waals surface area contributed by atoms with Gasteiger partial charge in [0.05, 0.1) is 5.56 Å². The summed E-state index contributed by atoms with van der Waals surface area (Å²) in [5, 5.41) is 11.8. The quantitative estimate of drug-likeness (QED) is 0.860. The molecule has 120 valence electrons. The summed E-state index contributed by atoms with van der Waals surface area (Å²) in [6, 6.07) is 12.8. The van der Waals surface area contributed by atoms with Gasteiger partial charge in [0.15, 0.2) is 0 Å². The Balaban J connectivity index is 1.82. The molecule has 0 atom stereocenters. The molecule has 0 aliphatic rings. The van der Waals surface area contributed by atoms with Gasteiger partial charge in [-0.15, -0.1) is 0 Å². The van der Waals surface area contributed by atoms with E-state index in [9.17, 15) is 9.59 Å². The number of carboxylic acid groups (broad SMARTS) is 1. The van der Waals surface area contributed by atoms with Crippen molar-refractivity contribution in [2.45, 2.75) is 33.2 Å². The van der Waals surface area contributed by atoms with Crippen LogP contribution in [-0.2, 0) is 17.8 Å². The summed E-state index contributed by atoms with van der Waals surface area (Å²) in [7, 11) is 0. The Kier molecular flexibility index (Phi) is 5.52. The van der Waals surface area contributed by atoms with Crippen LogP contribution in [0, 0.1) is 13.8 Å². The van der Waals surface area contributed by atoms with Gasteiger partial charge in [0.25, 0.3) is 0 Å². The number of aromatic carboxylic acids is 1. The first-order valence-corrected chi connectivity index (χ1v) is 7.61. The van der Waals surface area contributed by atoms with E-state index in [1.807, 2.05) is 26.0 Å². The second-order valence-corrected chi connectivity index (χ2v) is 5.71. The van der Waals surface area contributed by atoms with Gasteiger partial charge in [0.1, 0.15) is 0 Å². The van der Waals surface area contributed by atoms with Gasteiger partial charge < -0.3 is 10.4 Å². The molecule has 0 aromatic heterocycles. The average Bonchev–Trinajstić information content (AvgIpc) is 2.52. The van der Waals surface area contributed by atoms with Crippen LogP contribution in [0.1, 0.15) is 39.0 Å². The van der Waals surface area contributed by atoms with Crippen molar-refractivity contribution in [2.75, 3.05) is 0 Å². The van der Waals surface area contributed by atoms with Crippen LogP contribution in [0.15, 0.2) is 42.5 Å². The minimum atomic E-state index is -0.942. The van der Waals surface area contributed by atoms with Gasteiger partial charge in [-0.1, -0.05) is 35.9 Å². The molecular weight excluding hydrogens is 290 g/mol. The lowest BCUT2D eigenvalue weighted by molar-refractivity contribution is -0.121. The molecule has 0 saturated carbocycles. The Labute approximate surface area is 136 Å². The maximum Gasteiger partial charge on any atom is 0.335 e. The Morgan fingerprint density at radius 3 is 2.35 bits per heavy atom. The molecule has 0 aliphatic carbocycles. The first-order chi connectivity index (χ1) is 11.0. The van der Waals surface area contributed by atoms with Crippen LogP contribution < -0.4 is 5.32 Å². The molecule has 2 rings (SSSR count). The minimum Gasteiger partial charge on any atom is -0.478 e. The zero-order chi connectivity index (χ0) is 16.8. The molecule has 1 amide bonds. The van der Waals surface area contributed by atoms with E-state index in [1.54, 1.807) is 24.3 Å². The Morgan fingerprint density at radius 1 is 1.04 bits per heavy atom. The number of hydrogen-bond donors (Lipinski definition) is 2. The summed E-state index contributed by atoms with van der Waals surface area (Å²) in [5.74, 6) is -0.949. The lowest BCUT2D eigenvalue weighted by Crippen LogP contribution is -2.23. The third-order valence-corrected chi connectivity index (χ3v) is 3.82. The van der Waals surface area contributed by atoms with Crippen LogP contribution in [0.25, 0.3) is 0 Å². The second-order valence-electron chi connectivity index (χ2n) is 5.71. The Morgan fingerprint density at radius 2 is 1.74 bits per heavy atom. The fourth-order valence-electron chi connectivity index (χ4n) is 2.40. The number of aryl methyl sites for hydroxylation is 3. The Bertz CT molecular complexity index is 705. The zero-order valence-electron chi connectivity index (χ0n) is 13.4. The number of nitrogens with one attached hydrogen (secondary N) is 1. The zero-order valence-corrected chi connectivity index (χ0v) is 13.4. The first kappa shape index (κ1) is 16.7. The summed E-state index contributed by atoms with van der Waals surface area (Å²) in [6.07, 6.45) is 0.982. The van der Waals surface area contributed by atoms with Crippen molar-refractivity contribution in [1.82, 2.24) is 5.32 Å². The number of carbonyl (C=O) groups is 2. The molecule has 0 saturated heterocycles. The maximum absolute atomic E-state index is 11.9. The number of carboxylic acids is 1. The van der Waals surface area contributed by atoms with E-state index in [4.69, 9.17) is 5.11 Å². The maximum atomic E-state index is 11.9. The van der Waals surface area contributed by atoms with Gasteiger partial charge >= 0.3 is 5.97 Å². The van der Waals surface area contributed by atoms with Gasteiger partial charge in [-0.05, 0) is 49.1 Å². The summed E-state index contributed by atoms with van der Waals surface area (Å²) in [5.41, 5.74) is 4.72. The molecule has 0 aliphatic heterocycles. The smallest absolute Gasteiger partial charge is 0.335 e. The van der Waals surface area contributed by atoms with Crippen LogP contribution in [0.5, 0.6) is 0 Å². The molecule has 0 bridgehead atoms. The molecule has 0 fully saturated rings. The highest BCUT2D eigenvalue weighted by atomic mass is 16.4. The molecule has 4 heteroatoms. The fraction of sp³-hybridized carbons (Fsp3) is 0.263. The SMILES string of the molecule is Cc1ccc(CNC(=O)CCc2ccc(C(=O)O)cc2)c(C)c1. The van der Waals surface area contributed by atoms with Gasteiger partial charge in [-0.25, -0.2) is 4.79 Å². The number of hydrogen-bond acceptors (Lipinski definition) is 2. The van der Waals surface area contributed by atoms with Gasteiger partial charge in [-0.2, -0.15) is 0 Å². The lowest BCUT2D eigenvalue weighted by atomic mass is 10.1. The molecule has 0 spiro atoms. The highest BCUT2D eigenvalue weighted by Gasteiger charge is 2.06. The summed E-state index contributed by atoms with van der Waals surface area (Å²) in [4.78, 5) is 22.7. The van der Waals surface area contributed by atoms with Crippen molar-refractivity contribution in [1.29, 1.82) is 0 Å². The van der Waals surface area contributed by atoms with E-state index >= 15 is 0 Å². The van der Waals surface area contributed by atoms with Gasteiger partial charge in [-0.3, -0.25) is 4.79 Å². The molecule has 0 heterocycles. The fourth-order valence-corrected chi connectivity index (χ4v) is 2.40. The summed E-state index contributed by atoms with van der Waals surface area (Å²) < 4.78 is 0. The lowest BCUT2D eigenvalue weighted by Gasteiger charge is -2.09. The average molecular weight is 311 g/mol. The van der Waals surface area contributed by atoms with Crippen molar-refractivity contribution >= 4 is 11.9 Å². The van der Waals surface area contributed by atoms with E-state index in [-0.39, 0.29) is 11.5 Å². The van der Waals surface area contributed by atoms with Crippen molar-refractivity contribution in [3.63, 3.8) is 0 Å². The van der Waals surface area contributed by atoms with Crippen LogP contribution in [0.3, 0.4) is 0 Å². The van der Waals surface area contributed by atoms with E-state index in [0.717, 1.165) is 11.1 Å². The third kappa shape index (κ3) is 4.95. The van der Waals surface area contributed by atoms with E-state index in [1.165, 1.54) is 11.1 Å². The highest BCUT2D eigenvalue weighted by molar-refractivity contribution is 5.87. The van der Waals surface area contributed by atoms with E-state index in [2.05, 4.69) is 11.4 Å². The second kappa shape index (κ2) is 7.58. The highest BCUT2D eigenvalue weighted by Crippen LogP contribution is 2.11. The summed E-state index contributed by atoms with van der Waals surface area (Å²) in [6.45, 7) is 4.62. The normalized spacial score (nSPS) is 10.3. The number of carbonyl (C=O) groups excluding carboxylic acids is 1. The van der Waals surface area contributed by atoms with Crippen LogP contribution in [0.4, 0.5) is 0 Å². The van der Waals surface area contributed by atoms with Crippen LogP contribution >= 0.6 is 0 Å². The monoisotopic (exact) mass is 311 g/mol. The van der Waals surface area contributed by atoms with E-state index < -0.39 is 5.97 Å². The van der Waals surface area contributed by atoms with Gasteiger partial charge in [0, 0.05) is 13.0 Å². The first-order valence-electron chi connectivity index (χ1n) is 7.61. The van der Waals surface area contributed by atoms with Gasteiger partial charge in [0.2, 0.25) is 5.91 Å². The topological polar surface area (TPSA) is 66.4 Å². The van der Waals surface area contributed by atoms with Crippen molar-refractivity contribution in [3.8, 4) is 0 Å². The summed E-state index contributed by atoms with van der Waals surface area (Å²) >= 11 is 0. The Hall–Kier alpha value is -2.62. The van der Waals surface area contributed by atoms with E-state index in [0.29, 0.717) is 19.4 Å². The van der Waals surface area contributed by atoms with Crippen LogP contribution in [-0.4, -0.2) is 17.0 Å². The van der Waals surface area contributed by atoms with Crippen LogP contribution in [0.2, 0.25) is 0 Å². The molecule has 4 nitrogen and oxygen atoms in total. The number of benzene rings is 2. The predicted molar refractivity (Wildman–Crippen MR) is 89.5 cm³/mol. The standard InChI is InChI=1S/C19H21NO3/c1-13-3-7-17(14(2)11-13)12-20-18(21)10-6-15-4-8-16(9-5-15)19(22)23/h3-5,7-9,11H,6,10,12H2,1-2H3,(H,20,21)(H,22,23). The molecule has 0 radical (unpaired) electrons. The largest absolute Gasteiger partial charge is 0.478 e. The molecule has 2 aromatic carbocycles. The molecule has 23 heavy (non-hydrogen) atoms.